The van der Waals surface area contributed by atoms with Crippen molar-refractivity contribution in [1.82, 2.24) is 4.31 Å². The Kier molecular flexibility index (Phi) is 3.52. The summed E-state index contributed by atoms with van der Waals surface area (Å²) in [5.74, 6) is 0.225. The van der Waals surface area contributed by atoms with Gasteiger partial charge in [-0.3, -0.25) is 0 Å². The monoisotopic (exact) mass is 259 g/mol. The zero-order valence-electron chi connectivity index (χ0n) is 8.89. The third kappa shape index (κ3) is 2.10. The molecule has 0 amide bonds. The van der Waals surface area contributed by atoms with Gasteiger partial charge >= 0.3 is 0 Å². The quantitative estimate of drug-likeness (QED) is 0.781. The molecule has 1 aromatic carbocycles. The lowest BCUT2D eigenvalue weighted by molar-refractivity contribution is 0.477. The molecule has 0 radical (unpaired) electrons. The standard InChI is InChI=1S/C11H14ClNO2S/c12-9-10-5-1-2-6-11(10)16(14,15)13-7-3-4-8-13/h1-2,5-6H,3-4,7-9H2. The highest BCUT2D eigenvalue weighted by Crippen LogP contribution is 2.24. The molecule has 3 nitrogen and oxygen atoms in total. The first kappa shape index (κ1) is 11.9. The van der Waals surface area contributed by atoms with E-state index in [-0.39, 0.29) is 5.88 Å². The van der Waals surface area contributed by atoms with Crippen molar-refractivity contribution in [1.29, 1.82) is 0 Å². The Hall–Kier alpha value is -0.580. The molecule has 1 aliphatic heterocycles. The van der Waals surface area contributed by atoms with Crippen molar-refractivity contribution in [3.8, 4) is 0 Å². The molecule has 5 heteroatoms. The zero-order chi connectivity index (χ0) is 11.6. The van der Waals surface area contributed by atoms with Crippen LogP contribution in [0.3, 0.4) is 0 Å². The van der Waals surface area contributed by atoms with Crippen LogP contribution in [0.15, 0.2) is 29.2 Å². The van der Waals surface area contributed by atoms with E-state index in [9.17, 15) is 8.42 Å². The molecule has 1 heterocycles. The number of benzene rings is 1. The molecule has 88 valence electrons. The van der Waals surface area contributed by atoms with Crippen molar-refractivity contribution in [2.45, 2.75) is 23.6 Å². The fraction of sp³-hybridized carbons (Fsp3) is 0.455. The summed E-state index contributed by atoms with van der Waals surface area (Å²) >= 11 is 5.76. The van der Waals surface area contributed by atoms with Gasteiger partial charge in [0.2, 0.25) is 10.0 Å². The molecule has 1 fully saturated rings. The second-order valence-electron chi connectivity index (χ2n) is 3.85. The summed E-state index contributed by atoms with van der Waals surface area (Å²) in [4.78, 5) is 0.354. The van der Waals surface area contributed by atoms with Crippen molar-refractivity contribution in [2.75, 3.05) is 13.1 Å². The van der Waals surface area contributed by atoms with Gasteiger partial charge in [-0.15, -0.1) is 11.6 Å². The summed E-state index contributed by atoms with van der Waals surface area (Å²) in [7, 11) is -3.33. The summed E-state index contributed by atoms with van der Waals surface area (Å²) in [5.41, 5.74) is 0.677. The molecule has 1 aliphatic rings. The van der Waals surface area contributed by atoms with Gasteiger partial charge in [0.25, 0.3) is 0 Å². The first-order valence-electron chi connectivity index (χ1n) is 5.30. The minimum atomic E-state index is -3.33. The highest BCUT2D eigenvalue weighted by molar-refractivity contribution is 7.89. The average Bonchev–Trinajstić information content (AvgIpc) is 2.83. The van der Waals surface area contributed by atoms with Gasteiger partial charge in [-0.1, -0.05) is 18.2 Å². The van der Waals surface area contributed by atoms with Crippen LogP contribution < -0.4 is 0 Å². The summed E-state index contributed by atoms with van der Waals surface area (Å²) in [5, 5.41) is 0. The summed E-state index contributed by atoms with van der Waals surface area (Å²) < 4.78 is 26.1. The first-order valence-corrected chi connectivity index (χ1v) is 7.28. The van der Waals surface area contributed by atoms with Crippen LogP contribution in [-0.4, -0.2) is 25.8 Å². The number of nitrogens with zero attached hydrogens (tertiary/aromatic N) is 1. The molecule has 0 N–H and O–H groups in total. The number of hydrogen-bond acceptors (Lipinski definition) is 2. The molecular formula is C11H14ClNO2S. The molecule has 0 bridgehead atoms. The molecule has 0 atom stereocenters. The van der Waals surface area contributed by atoms with Crippen LogP contribution in [0.2, 0.25) is 0 Å². The third-order valence-electron chi connectivity index (χ3n) is 2.80. The van der Waals surface area contributed by atoms with Gasteiger partial charge in [0, 0.05) is 19.0 Å². The van der Waals surface area contributed by atoms with Crippen LogP contribution in [0.25, 0.3) is 0 Å². The topological polar surface area (TPSA) is 37.4 Å². The van der Waals surface area contributed by atoms with E-state index in [0.717, 1.165) is 12.8 Å². The highest BCUT2D eigenvalue weighted by atomic mass is 35.5. The van der Waals surface area contributed by atoms with E-state index in [4.69, 9.17) is 11.6 Å². The van der Waals surface area contributed by atoms with E-state index in [2.05, 4.69) is 0 Å². The van der Waals surface area contributed by atoms with Crippen LogP contribution in [0.5, 0.6) is 0 Å². The Bertz CT molecular complexity index is 467. The Labute approximate surface area is 101 Å². The number of halogens is 1. The van der Waals surface area contributed by atoms with Crippen LogP contribution in [0.4, 0.5) is 0 Å². The van der Waals surface area contributed by atoms with Gasteiger partial charge < -0.3 is 0 Å². The van der Waals surface area contributed by atoms with Gasteiger partial charge in [0.15, 0.2) is 0 Å². The van der Waals surface area contributed by atoms with Gasteiger partial charge in [-0.25, -0.2) is 8.42 Å². The largest absolute Gasteiger partial charge is 0.243 e. The molecule has 0 spiro atoms. The van der Waals surface area contributed by atoms with Crippen LogP contribution in [0.1, 0.15) is 18.4 Å². The van der Waals surface area contributed by atoms with E-state index in [1.165, 1.54) is 0 Å². The van der Waals surface area contributed by atoms with E-state index in [1.54, 1.807) is 28.6 Å². The SMILES string of the molecule is O=S(=O)(c1ccccc1CCl)N1CCCC1. The fourth-order valence-corrected chi connectivity index (χ4v) is 3.98. The van der Waals surface area contributed by atoms with E-state index in [0.29, 0.717) is 23.5 Å². The van der Waals surface area contributed by atoms with Crippen molar-refractivity contribution >= 4 is 21.6 Å². The maximum Gasteiger partial charge on any atom is 0.243 e. The van der Waals surface area contributed by atoms with Gasteiger partial charge in [0.1, 0.15) is 0 Å². The molecule has 2 rings (SSSR count). The van der Waals surface area contributed by atoms with Crippen molar-refractivity contribution in [3.05, 3.63) is 29.8 Å². The summed E-state index contributed by atoms with van der Waals surface area (Å²) in [6.45, 7) is 1.25. The minimum Gasteiger partial charge on any atom is -0.207 e. The lowest BCUT2D eigenvalue weighted by Gasteiger charge is -2.17. The highest BCUT2D eigenvalue weighted by Gasteiger charge is 2.28. The van der Waals surface area contributed by atoms with E-state index < -0.39 is 10.0 Å². The lowest BCUT2D eigenvalue weighted by Crippen LogP contribution is -2.28. The van der Waals surface area contributed by atoms with E-state index >= 15 is 0 Å². The zero-order valence-corrected chi connectivity index (χ0v) is 10.5. The first-order chi connectivity index (χ1) is 7.66. The fourth-order valence-electron chi connectivity index (χ4n) is 1.93. The molecule has 0 unspecified atom stereocenters. The molecule has 16 heavy (non-hydrogen) atoms. The maximum absolute atomic E-state index is 12.3. The van der Waals surface area contributed by atoms with Crippen molar-refractivity contribution in [3.63, 3.8) is 0 Å². The Morgan fingerprint density at radius 3 is 2.44 bits per heavy atom. The number of sulfonamides is 1. The molecule has 0 aromatic heterocycles. The van der Waals surface area contributed by atoms with Crippen molar-refractivity contribution in [2.24, 2.45) is 0 Å². The second-order valence-corrected chi connectivity index (χ2v) is 6.03. The Morgan fingerprint density at radius 1 is 1.19 bits per heavy atom. The summed E-state index contributed by atoms with van der Waals surface area (Å²) in [6.07, 6.45) is 1.89. The van der Waals surface area contributed by atoms with Gasteiger partial charge in [-0.05, 0) is 24.5 Å². The van der Waals surface area contributed by atoms with E-state index in [1.807, 2.05) is 0 Å². The van der Waals surface area contributed by atoms with Crippen molar-refractivity contribution < 1.29 is 8.42 Å². The molecule has 1 aromatic rings. The average molecular weight is 260 g/mol. The predicted octanol–water partition coefficient (Wildman–Crippen LogP) is 2.21. The minimum absolute atomic E-state index is 0.225. The predicted molar refractivity (Wildman–Crippen MR) is 64.0 cm³/mol. The van der Waals surface area contributed by atoms with Crippen LogP contribution in [-0.2, 0) is 15.9 Å². The number of alkyl halides is 1. The lowest BCUT2D eigenvalue weighted by atomic mass is 10.2. The normalized spacial score (nSPS) is 17.8. The third-order valence-corrected chi connectivity index (χ3v) is 5.09. The molecular weight excluding hydrogens is 246 g/mol. The number of rotatable bonds is 3. The van der Waals surface area contributed by atoms with Crippen LogP contribution >= 0.6 is 11.6 Å². The smallest absolute Gasteiger partial charge is 0.207 e. The van der Waals surface area contributed by atoms with Gasteiger partial charge in [0.05, 0.1) is 4.90 Å². The van der Waals surface area contributed by atoms with Gasteiger partial charge in [-0.2, -0.15) is 4.31 Å². The molecule has 0 aliphatic carbocycles. The molecule has 0 saturated carbocycles. The number of hydrogen-bond donors (Lipinski definition) is 0. The second kappa shape index (κ2) is 4.73. The Morgan fingerprint density at radius 2 is 1.81 bits per heavy atom. The molecule has 1 saturated heterocycles. The Balaban J connectivity index is 2.42. The summed E-state index contributed by atoms with van der Waals surface area (Å²) in [6, 6.07) is 6.93. The maximum atomic E-state index is 12.3. The van der Waals surface area contributed by atoms with Crippen LogP contribution in [0, 0.1) is 0 Å².